The highest BCUT2D eigenvalue weighted by Crippen LogP contribution is 2.24. The van der Waals surface area contributed by atoms with Gasteiger partial charge in [-0.2, -0.15) is 0 Å². The number of thioether (sulfide) groups is 1. The Kier molecular flexibility index (Phi) is 7.41. The standard InChI is InChI=1S/C23H26ClN3O3S/c1-23(2,3)15-5-8-17(9-6-15)25-20(28)14-31-22-26-19-13-16(24)7-10-18(19)21(29)27(22)11-12-30-4/h5-10,13H,11-12,14H2,1-4H3,(H,25,28). The summed E-state index contributed by atoms with van der Waals surface area (Å²) in [4.78, 5) is 30.0. The van der Waals surface area contributed by atoms with Crippen molar-refractivity contribution in [1.82, 2.24) is 9.55 Å². The van der Waals surface area contributed by atoms with Gasteiger partial charge in [0.25, 0.3) is 5.56 Å². The maximum atomic E-state index is 12.9. The number of anilines is 1. The Hall–Kier alpha value is -2.35. The number of benzene rings is 2. The lowest BCUT2D eigenvalue weighted by atomic mass is 9.87. The number of hydrogen-bond acceptors (Lipinski definition) is 5. The van der Waals surface area contributed by atoms with Gasteiger partial charge in [-0.1, -0.05) is 56.3 Å². The summed E-state index contributed by atoms with van der Waals surface area (Å²) >= 11 is 7.27. The summed E-state index contributed by atoms with van der Waals surface area (Å²) in [6.07, 6.45) is 0. The molecule has 0 aliphatic rings. The molecule has 164 valence electrons. The van der Waals surface area contributed by atoms with Crippen LogP contribution in [0.2, 0.25) is 5.02 Å². The lowest BCUT2D eigenvalue weighted by molar-refractivity contribution is -0.113. The molecular weight excluding hydrogens is 434 g/mol. The van der Waals surface area contributed by atoms with Crippen molar-refractivity contribution in [3.8, 4) is 0 Å². The molecule has 6 nitrogen and oxygen atoms in total. The van der Waals surface area contributed by atoms with Crippen LogP contribution < -0.4 is 10.9 Å². The van der Waals surface area contributed by atoms with Crippen molar-refractivity contribution in [2.24, 2.45) is 0 Å². The Labute approximate surface area is 191 Å². The molecule has 0 radical (unpaired) electrons. The number of nitrogens with zero attached hydrogens (tertiary/aromatic N) is 2. The van der Waals surface area contributed by atoms with Gasteiger partial charge in [-0.15, -0.1) is 0 Å². The summed E-state index contributed by atoms with van der Waals surface area (Å²) in [5.41, 5.74) is 2.30. The molecule has 31 heavy (non-hydrogen) atoms. The van der Waals surface area contributed by atoms with Crippen molar-refractivity contribution in [3.63, 3.8) is 0 Å². The maximum absolute atomic E-state index is 12.9. The molecule has 3 aromatic rings. The smallest absolute Gasteiger partial charge is 0.262 e. The molecule has 8 heteroatoms. The van der Waals surface area contributed by atoms with Gasteiger partial charge in [0.05, 0.1) is 29.8 Å². The Bertz CT molecular complexity index is 1140. The third kappa shape index (κ3) is 5.87. The second kappa shape index (κ2) is 9.85. The summed E-state index contributed by atoms with van der Waals surface area (Å²) in [6.45, 7) is 7.14. The van der Waals surface area contributed by atoms with Crippen LogP contribution in [0.4, 0.5) is 5.69 Å². The first-order valence-electron chi connectivity index (χ1n) is 9.91. The number of ether oxygens (including phenoxy) is 1. The number of amides is 1. The number of fused-ring (bicyclic) bond motifs is 1. The molecule has 0 aliphatic carbocycles. The van der Waals surface area contributed by atoms with E-state index in [1.54, 1.807) is 25.3 Å². The fourth-order valence-corrected chi connectivity index (χ4v) is 4.04. The molecule has 1 N–H and O–H groups in total. The molecule has 0 unspecified atom stereocenters. The number of rotatable bonds is 7. The Morgan fingerprint density at radius 1 is 1.19 bits per heavy atom. The molecule has 0 bridgehead atoms. The molecule has 0 aliphatic heterocycles. The number of nitrogens with one attached hydrogen (secondary N) is 1. The Morgan fingerprint density at radius 2 is 1.90 bits per heavy atom. The van der Waals surface area contributed by atoms with Crippen LogP contribution in [0, 0.1) is 0 Å². The van der Waals surface area contributed by atoms with E-state index in [4.69, 9.17) is 16.3 Å². The van der Waals surface area contributed by atoms with Crippen molar-refractivity contribution in [2.75, 3.05) is 24.8 Å². The quantitative estimate of drug-likeness (QED) is 0.408. The van der Waals surface area contributed by atoms with Crippen LogP contribution in [0.1, 0.15) is 26.3 Å². The Morgan fingerprint density at radius 3 is 2.55 bits per heavy atom. The van der Waals surface area contributed by atoms with Crippen LogP contribution in [-0.4, -0.2) is 34.9 Å². The van der Waals surface area contributed by atoms with E-state index in [1.165, 1.54) is 21.9 Å². The number of aromatic nitrogens is 2. The predicted molar refractivity (Wildman–Crippen MR) is 127 cm³/mol. The van der Waals surface area contributed by atoms with Crippen LogP contribution >= 0.6 is 23.4 Å². The monoisotopic (exact) mass is 459 g/mol. The van der Waals surface area contributed by atoms with Crippen molar-refractivity contribution < 1.29 is 9.53 Å². The lowest BCUT2D eigenvalue weighted by Gasteiger charge is -2.19. The van der Waals surface area contributed by atoms with Gasteiger partial charge in [0.1, 0.15) is 0 Å². The molecule has 3 rings (SSSR count). The van der Waals surface area contributed by atoms with Crippen LogP contribution in [-0.2, 0) is 21.5 Å². The van der Waals surface area contributed by atoms with Crippen LogP contribution in [0.25, 0.3) is 10.9 Å². The van der Waals surface area contributed by atoms with E-state index in [-0.39, 0.29) is 22.6 Å². The second-order valence-corrected chi connectivity index (χ2v) is 9.55. The second-order valence-electron chi connectivity index (χ2n) is 8.17. The number of halogens is 1. The normalized spacial score (nSPS) is 11.6. The minimum atomic E-state index is -0.181. The van der Waals surface area contributed by atoms with Gasteiger partial charge in [-0.05, 0) is 41.3 Å². The van der Waals surface area contributed by atoms with Gasteiger partial charge in [-0.25, -0.2) is 4.98 Å². The van der Waals surface area contributed by atoms with Gasteiger partial charge >= 0.3 is 0 Å². The van der Waals surface area contributed by atoms with E-state index in [9.17, 15) is 9.59 Å². The fourth-order valence-electron chi connectivity index (χ4n) is 3.04. The maximum Gasteiger partial charge on any atom is 0.262 e. The fraction of sp³-hybridized carbons (Fsp3) is 0.348. The van der Waals surface area contributed by atoms with Crippen molar-refractivity contribution in [1.29, 1.82) is 0 Å². The molecule has 0 spiro atoms. The van der Waals surface area contributed by atoms with Gasteiger partial charge in [0.15, 0.2) is 5.16 Å². The van der Waals surface area contributed by atoms with E-state index >= 15 is 0 Å². The van der Waals surface area contributed by atoms with Crippen molar-refractivity contribution in [2.45, 2.75) is 37.9 Å². The summed E-state index contributed by atoms with van der Waals surface area (Å²) in [5.74, 6) is -0.0563. The number of methoxy groups -OCH3 is 1. The van der Waals surface area contributed by atoms with Crippen molar-refractivity contribution >= 4 is 45.9 Å². The third-order valence-electron chi connectivity index (χ3n) is 4.77. The van der Waals surface area contributed by atoms with E-state index in [2.05, 4.69) is 31.1 Å². The van der Waals surface area contributed by atoms with Gasteiger partial charge in [-0.3, -0.25) is 14.2 Å². The molecule has 2 aromatic carbocycles. The van der Waals surface area contributed by atoms with Crippen LogP contribution in [0.3, 0.4) is 0 Å². The first-order chi connectivity index (χ1) is 14.7. The third-order valence-corrected chi connectivity index (χ3v) is 5.98. The highest BCUT2D eigenvalue weighted by molar-refractivity contribution is 7.99. The average molecular weight is 460 g/mol. The number of carbonyl (C=O) groups excluding carboxylic acids is 1. The number of carbonyl (C=O) groups is 1. The SMILES string of the molecule is COCCn1c(SCC(=O)Nc2ccc(C(C)(C)C)cc2)nc2cc(Cl)ccc2c1=O. The summed E-state index contributed by atoms with van der Waals surface area (Å²) in [6, 6.07) is 12.8. The lowest BCUT2D eigenvalue weighted by Crippen LogP contribution is -2.26. The van der Waals surface area contributed by atoms with Crippen LogP contribution in [0.15, 0.2) is 52.4 Å². The molecule has 0 atom stereocenters. The highest BCUT2D eigenvalue weighted by Gasteiger charge is 2.15. The predicted octanol–water partition coefficient (Wildman–Crippen LogP) is 4.72. The van der Waals surface area contributed by atoms with E-state index in [0.29, 0.717) is 34.2 Å². The minimum Gasteiger partial charge on any atom is -0.383 e. The topological polar surface area (TPSA) is 73.2 Å². The molecular formula is C23H26ClN3O3S. The summed E-state index contributed by atoms with van der Waals surface area (Å²) < 4.78 is 6.67. The Balaban J connectivity index is 1.77. The largest absolute Gasteiger partial charge is 0.383 e. The van der Waals surface area contributed by atoms with Crippen LogP contribution in [0.5, 0.6) is 0 Å². The average Bonchev–Trinajstić information content (AvgIpc) is 2.71. The zero-order chi connectivity index (χ0) is 22.6. The summed E-state index contributed by atoms with van der Waals surface area (Å²) in [7, 11) is 1.57. The zero-order valence-corrected chi connectivity index (χ0v) is 19.6. The minimum absolute atomic E-state index is 0.0505. The van der Waals surface area contributed by atoms with E-state index in [1.807, 2.05) is 24.3 Å². The molecule has 1 aromatic heterocycles. The molecule has 1 amide bonds. The molecule has 0 saturated heterocycles. The van der Waals surface area contributed by atoms with E-state index < -0.39 is 0 Å². The first-order valence-corrected chi connectivity index (χ1v) is 11.3. The molecule has 0 saturated carbocycles. The van der Waals surface area contributed by atoms with E-state index in [0.717, 1.165) is 5.69 Å². The molecule has 0 fully saturated rings. The van der Waals surface area contributed by atoms with Gasteiger partial charge in [0, 0.05) is 17.8 Å². The number of hydrogen-bond donors (Lipinski definition) is 1. The van der Waals surface area contributed by atoms with Gasteiger partial charge < -0.3 is 10.1 Å². The van der Waals surface area contributed by atoms with Crippen molar-refractivity contribution in [3.05, 3.63) is 63.4 Å². The zero-order valence-electron chi connectivity index (χ0n) is 18.1. The highest BCUT2D eigenvalue weighted by atomic mass is 35.5. The van der Waals surface area contributed by atoms with Gasteiger partial charge in [0.2, 0.25) is 5.91 Å². The summed E-state index contributed by atoms with van der Waals surface area (Å²) in [5, 5.41) is 4.33. The first kappa shape index (κ1) is 23.3. The molecule has 1 heterocycles.